The van der Waals surface area contributed by atoms with Gasteiger partial charge in [-0.15, -0.1) is 0 Å². The van der Waals surface area contributed by atoms with Crippen molar-refractivity contribution in [2.24, 2.45) is 0 Å². The quantitative estimate of drug-likeness (QED) is 0.703. The van der Waals surface area contributed by atoms with Crippen LogP contribution in [0.4, 0.5) is 8.78 Å². The SMILES string of the molecule is CC(C)(C)OP(=O)(OC(C)(C)C)C(C)(F)F. The van der Waals surface area contributed by atoms with Gasteiger partial charge in [0.25, 0.3) is 0 Å². The zero-order valence-electron chi connectivity index (χ0n) is 10.9. The summed E-state index contributed by atoms with van der Waals surface area (Å²) in [5, 5.41) is 0. The lowest BCUT2D eigenvalue weighted by Crippen LogP contribution is -2.30. The molecule has 0 radical (unpaired) electrons. The Bertz CT molecular complexity index is 264. The van der Waals surface area contributed by atoms with Crippen LogP contribution in [0.1, 0.15) is 48.5 Å². The van der Waals surface area contributed by atoms with Crippen molar-refractivity contribution in [2.45, 2.75) is 65.3 Å². The first kappa shape index (κ1) is 16.0. The Kier molecular flexibility index (Phi) is 4.36. The van der Waals surface area contributed by atoms with Crippen LogP contribution in [0.15, 0.2) is 0 Å². The maximum absolute atomic E-state index is 13.3. The summed E-state index contributed by atoms with van der Waals surface area (Å²) in [7, 11) is -4.48. The van der Waals surface area contributed by atoms with Crippen molar-refractivity contribution in [1.29, 1.82) is 0 Å². The predicted octanol–water partition coefficient (Wildman–Crippen LogP) is 4.42. The van der Waals surface area contributed by atoms with Crippen molar-refractivity contribution in [3.63, 3.8) is 0 Å². The lowest BCUT2D eigenvalue weighted by Gasteiger charge is -2.34. The van der Waals surface area contributed by atoms with Gasteiger partial charge in [0.15, 0.2) is 0 Å². The minimum Gasteiger partial charge on any atom is -0.299 e. The molecule has 0 aliphatic carbocycles. The van der Waals surface area contributed by atoms with Gasteiger partial charge >= 0.3 is 13.3 Å². The van der Waals surface area contributed by atoms with E-state index in [-0.39, 0.29) is 0 Å². The number of rotatable bonds is 3. The summed E-state index contributed by atoms with van der Waals surface area (Å²) in [5.41, 5.74) is -5.44. The fourth-order valence-corrected chi connectivity index (χ4v) is 2.70. The second-order valence-corrected chi connectivity index (χ2v) is 7.89. The van der Waals surface area contributed by atoms with Gasteiger partial charge in [-0.2, -0.15) is 8.78 Å². The predicted molar refractivity (Wildman–Crippen MR) is 59.9 cm³/mol. The van der Waals surface area contributed by atoms with Crippen molar-refractivity contribution in [2.75, 3.05) is 0 Å². The first-order valence-electron chi connectivity index (χ1n) is 5.06. The summed E-state index contributed by atoms with van der Waals surface area (Å²) in [4.78, 5) is 0. The van der Waals surface area contributed by atoms with Crippen molar-refractivity contribution in [3.05, 3.63) is 0 Å². The second-order valence-electron chi connectivity index (χ2n) is 5.75. The molecule has 0 heterocycles. The Hall–Kier alpha value is 0.01000. The normalized spacial score (nSPS) is 15.3. The van der Waals surface area contributed by atoms with Crippen molar-refractivity contribution >= 4 is 7.60 Å². The molecule has 0 amide bonds. The summed E-state index contributed by atoms with van der Waals surface area (Å²) in [6.45, 7) is 9.86. The minimum absolute atomic E-state index is 0.547. The molecule has 0 aromatic rings. The lowest BCUT2D eigenvalue weighted by atomic mass is 10.2. The highest BCUT2D eigenvalue weighted by atomic mass is 31.2. The van der Waals surface area contributed by atoms with Crippen molar-refractivity contribution in [1.82, 2.24) is 0 Å². The third-order valence-corrected chi connectivity index (χ3v) is 3.81. The van der Waals surface area contributed by atoms with E-state index < -0.39 is 24.5 Å². The molecule has 0 N–H and O–H groups in total. The van der Waals surface area contributed by atoms with Gasteiger partial charge in [0.1, 0.15) is 0 Å². The molecule has 0 spiro atoms. The standard InChI is InChI=1S/C10H21F2O3P/c1-8(2,3)14-16(13,10(7,11)12)15-9(4,5)6/h1-7H3. The molecule has 0 atom stereocenters. The first-order chi connectivity index (χ1) is 6.66. The Labute approximate surface area is 96.0 Å². The first-order valence-corrected chi connectivity index (χ1v) is 6.60. The topological polar surface area (TPSA) is 35.5 Å². The molecule has 0 aliphatic heterocycles. The van der Waals surface area contributed by atoms with Gasteiger partial charge in [0.2, 0.25) is 0 Å². The average Bonchev–Trinajstić information content (AvgIpc) is 1.72. The molecule has 3 nitrogen and oxygen atoms in total. The highest BCUT2D eigenvalue weighted by Crippen LogP contribution is 2.65. The van der Waals surface area contributed by atoms with Crippen LogP contribution in [0.5, 0.6) is 0 Å². The number of halogens is 2. The van der Waals surface area contributed by atoms with E-state index in [4.69, 9.17) is 9.05 Å². The van der Waals surface area contributed by atoms with E-state index in [9.17, 15) is 13.3 Å². The molecular weight excluding hydrogens is 237 g/mol. The molecular formula is C10H21F2O3P. The Morgan fingerprint density at radius 2 is 1.06 bits per heavy atom. The van der Waals surface area contributed by atoms with Gasteiger partial charge in [-0.1, -0.05) is 0 Å². The Morgan fingerprint density at radius 1 is 0.812 bits per heavy atom. The molecule has 6 heteroatoms. The summed E-state index contributed by atoms with van der Waals surface area (Å²) < 4.78 is 48.6. The van der Waals surface area contributed by atoms with Crippen LogP contribution in [-0.2, 0) is 13.6 Å². The molecule has 0 bridgehead atoms. The van der Waals surface area contributed by atoms with Gasteiger partial charge in [0, 0.05) is 6.92 Å². The summed E-state index contributed by atoms with van der Waals surface area (Å²) in [6.07, 6.45) is 0. The van der Waals surface area contributed by atoms with Crippen molar-refractivity contribution < 1.29 is 22.4 Å². The fourth-order valence-electron chi connectivity index (χ4n) is 0.900. The largest absolute Gasteiger partial charge is 0.400 e. The lowest BCUT2D eigenvalue weighted by molar-refractivity contribution is -0.0106. The molecule has 0 aromatic carbocycles. The summed E-state index contributed by atoms with van der Waals surface area (Å²) in [6, 6.07) is 0. The fraction of sp³-hybridized carbons (Fsp3) is 1.00. The maximum Gasteiger partial charge on any atom is 0.400 e. The minimum atomic E-state index is -4.48. The van der Waals surface area contributed by atoms with E-state index >= 15 is 0 Å². The Balaban J connectivity index is 5.16. The van der Waals surface area contributed by atoms with E-state index in [1.54, 1.807) is 41.5 Å². The van der Waals surface area contributed by atoms with Crippen LogP contribution >= 0.6 is 7.60 Å². The number of hydrogen-bond acceptors (Lipinski definition) is 3. The number of hydrogen-bond donors (Lipinski definition) is 0. The van der Waals surface area contributed by atoms with Gasteiger partial charge < -0.3 is 0 Å². The molecule has 0 saturated heterocycles. The third-order valence-electron chi connectivity index (χ3n) is 1.27. The van der Waals surface area contributed by atoms with E-state index in [1.165, 1.54) is 0 Å². The maximum atomic E-state index is 13.3. The smallest absolute Gasteiger partial charge is 0.299 e. The highest BCUT2D eigenvalue weighted by Gasteiger charge is 2.53. The molecule has 16 heavy (non-hydrogen) atoms. The van der Waals surface area contributed by atoms with E-state index in [0.717, 1.165) is 0 Å². The van der Waals surface area contributed by atoms with E-state index in [0.29, 0.717) is 6.92 Å². The van der Waals surface area contributed by atoms with Crippen LogP contribution in [0.2, 0.25) is 0 Å². The molecule has 0 fully saturated rings. The average molecular weight is 258 g/mol. The van der Waals surface area contributed by atoms with Crippen LogP contribution in [0, 0.1) is 0 Å². The van der Waals surface area contributed by atoms with Gasteiger partial charge in [-0.05, 0) is 41.5 Å². The molecule has 0 unspecified atom stereocenters. The van der Waals surface area contributed by atoms with Gasteiger partial charge in [0.05, 0.1) is 11.2 Å². The van der Waals surface area contributed by atoms with E-state index in [1.807, 2.05) is 0 Å². The number of alkyl halides is 2. The van der Waals surface area contributed by atoms with Crippen LogP contribution in [-0.4, -0.2) is 16.9 Å². The van der Waals surface area contributed by atoms with Crippen molar-refractivity contribution in [3.8, 4) is 0 Å². The summed E-state index contributed by atoms with van der Waals surface area (Å²) in [5.74, 6) is 0. The molecule has 0 aliphatic rings. The van der Waals surface area contributed by atoms with Crippen LogP contribution < -0.4 is 0 Å². The zero-order chi connectivity index (χ0) is 13.4. The highest BCUT2D eigenvalue weighted by molar-refractivity contribution is 7.55. The van der Waals surface area contributed by atoms with Crippen LogP contribution in [0.3, 0.4) is 0 Å². The van der Waals surface area contributed by atoms with Gasteiger partial charge in [-0.3, -0.25) is 13.6 Å². The molecule has 0 rings (SSSR count). The Morgan fingerprint density at radius 3 is 1.19 bits per heavy atom. The van der Waals surface area contributed by atoms with Crippen LogP contribution in [0.25, 0.3) is 0 Å². The molecule has 0 aromatic heterocycles. The molecule has 0 saturated carbocycles. The molecule has 98 valence electrons. The van der Waals surface area contributed by atoms with E-state index in [2.05, 4.69) is 0 Å². The zero-order valence-corrected chi connectivity index (χ0v) is 11.8. The summed E-state index contributed by atoms with van der Waals surface area (Å²) >= 11 is 0. The second kappa shape index (κ2) is 4.35. The third kappa shape index (κ3) is 5.37. The monoisotopic (exact) mass is 258 g/mol. The van der Waals surface area contributed by atoms with Gasteiger partial charge in [-0.25, -0.2) is 0 Å².